The van der Waals surface area contributed by atoms with E-state index in [0.717, 1.165) is 16.8 Å². The number of aromatic nitrogens is 1. The maximum absolute atomic E-state index is 12.2. The highest BCUT2D eigenvalue weighted by Crippen LogP contribution is 2.10. The first kappa shape index (κ1) is 14.8. The number of carbonyl (C=O) groups is 2. The van der Waals surface area contributed by atoms with E-state index >= 15 is 0 Å². The second-order valence-electron chi connectivity index (χ2n) is 5.06. The van der Waals surface area contributed by atoms with Gasteiger partial charge in [-0.2, -0.15) is 0 Å². The van der Waals surface area contributed by atoms with E-state index in [2.05, 4.69) is 10.3 Å². The van der Waals surface area contributed by atoms with Crippen molar-refractivity contribution >= 4 is 11.9 Å². The van der Waals surface area contributed by atoms with Gasteiger partial charge in [-0.3, -0.25) is 4.79 Å². The SMILES string of the molecule is Cc1cc(C)c(C(=O)N[C@@H](Cc2ccccc2)C(=O)O)[nH]1. The van der Waals surface area contributed by atoms with Gasteiger partial charge in [0.2, 0.25) is 0 Å². The molecule has 0 spiro atoms. The first-order valence-electron chi connectivity index (χ1n) is 6.71. The van der Waals surface area contributed by atoms with E-state index in [0.29, 0.717) is 5.69 Å². The molecule has 0 unspecified atom stereocenters. The monoisotopic (exact) mass is 286 g/mol. The Balaban J connectivity index is 2.11. The van der Waals surface area contributed by atoms with Crippen LogP contribution in [-0.4, -0.2) is 28.0 Å². The van der Waals surface area contributed by atoms with Crippen LogP contribution >= 0.6 is 0 Å². The van der Waals surface area contributed by atoms with Gasteiger partial charge in [-0.05, 0) is 31.0 Å². The first-order valence-corrected chi connectivity index (χ1v) is 6.71. The van der Waals surface area contributed by atoms with Gasteiger partial charge in [0.1, 0.15) is 11.7 Å². The second kappa shape index (κ2) is 6.26. The minimum absolute atomic E-state index is 0.251. The Morgan fingerprint density at radius 2 is 1.90 bits per heavy atom. The van der Waals surface area contributed by atoms with Crippen molar-refractivity contribution in [3.05, 3.63) is 58.9 Å². The van der Waals surface area contributed by atoms with Crippen LogP contribution < -0.4 is 5.32 Å². The molecule has 2 rings (SSSR count). The van der Waals surface area contributed by atoms with Crippen molar-refractivity contribution in [1.82, 2.24) is 10.3 Å². The van der Waals surface area contributed by atoms with Crippen molar-refractivity contribution in [3.8, 4) is 0 Å². The number of amides is 1. The van der Waals surface area contributed by atoms with Crippen LogP contribution in [0.1, 0.15) is 27.3 Å². The zero-order valence-corrected chi connectivity index (χ0v) is 12.0. The van der Waals surface area contributed by atoms with Crippen LogP contribution in [0.15, 0.2) is 36.4 Å². The van der Waals surface area contributed by atoms with Crippen molar-refractivity contribution in [2.45, 2.75) is 26.3 Å². The molecule has 110 valence electrons. The number of H-pyrrole nitrogens is 1. The third-order valence-corrected chi connectivity index (χ3v) is 3.26. The van der Waals surface area contributed by atoms with Crippen LogP contribution in [0.5, 0.6) is 0 Å². The van der Waals surface area contributed by atoms with Gasteiger partial charge in [0.15, 0.2) is 0 Å². The quantitative estimate of drug-likeness (QED) is 0.786. The number of carboxylic acids is 1. The van der Waals surface area contributed by atoms with Crippen molar-refractivity contribution in [1.29, 1.82) is 0 Å². The molecule has 0 aliphatic carbocycles. The summed E-state index contributed by atoms with van der Waals surface area (Å²) in [6, 6.07) is 10.1. The smallest absolute Gasteiger partial charge is 0.326 e. The molecule has 1 aromatic carbocycles. The zero-order valence-electron chi connectivity index (χ0n) is 12.0. The van der Waals surface area contributed by atoms with Gasteiger partial charge in [0.25, 0.3) is 5.91 Å². The fourth-order valence-corrected chi connectivity index (χ4v) is 2.24. The number of aliphatic carboxylic acids is 1. The van der Waals surface area contributed by atoms with E-state index in [1.54, 1.807) is 0 Å². The molecule has 21 heavy (non-hydrogen) atoms. The predicted molar refractivity (Wildman–Crippen MR) is 79.3 cm³/mol. The number of carbonyl (C=O) groups excluding carboxylic acids is 1. The zero-order chi connectivity index (χ0) is 15.4. The predicted octanol–water partition coefficient (Wildman–Crippen LogP) is 2.06. The normalized spacial score (nSPS) is 11.9. The van der Waals surface area contributed by atoms with E-state index in [1.165, 1.54) is 0 Å². The van der Waals surface area contributed by atoms with Crippen molar-refractivity contribution in [2.24, 2.45) is 0 Å². The molecule has 0 aliphatic heterocycles. The van der Waals surface area contributed by atoms with Gasteiger partial charge in [-0.1, -0.05) is 30.3 Å². The summed E-state index contributed by atoms with van der Waals surface area (Å²) in [4.78, 5) is 26.5. The highest BCUT2D eigenvalue weighted by atomic mass is 16.4. The minimum Gasteiger partial charge on any atom is -0.480 e. The van der Waals surface area contributed by atoms with Gasteiger partial charge in [-0.25, -0.2) is 4.79 Å². The first-order chi connectivity index (χ1) is 9.97. The largest absolute Gasteiger partial charge is 0.480 e. The summed E-state index contributed by atoms with van der Waals surface area (Å²) >= 11 is 0. The Kier molecular flexibility index (Phi) is 4.42. The lowest BCUT2D eigenvalue weighted by atomic mass is 10.1. The highest BCUT2D eigenvalue weighted by molar-refractivity contribution is 5.96. The van der Waals surface area contributed by atoms with E-state index < -0.39 is 17.9 Å². The van der Waals surface area contributed by atoms with Crippen LogP contribution in [0, 0.1) is 13.8 Å². The van der Waals surface area contributed by atoms with E-state index in [-0.39, 0.29) is 6.42 Å². The summed E-state index contributed by atoms with van der Waals surface area (Å²) in [7, 11) is 0. The molecular weight excluding hydrogens is 268 g/mol. The Morgan fingerprint density at radius 1 is 1.24 bits per heavy atom. The summed E-state index contributed by atoms with van der Waals surface area (Å²) in [5.74, 6) is -1.45. The number of benzene rings is 1. The van der Waals surface area contributed by atoms with E-state index in [1.807, 2.05) is 50.2 Å². The molecule has 0 saturated carbocycles. The fourth-order valence-electron chi connectivity index (χ4n) is 2.24. The van der Waals surface area contributed by atoms with Gasteiger partial charge in [-0.15, -0.1) is 0 Å². The molecule has 5 heteroatoms. The maximum atomic E-state index is 12.2. The number of hydrogen-bond donors (Lipinski definition) is 3. The molecular formula is C16H18N2O3. The lowest BCUT2D eigenvalue weighted by molar-refractivity contribution is -0.139. The fraction of sp³-hybridized carbons (Fsp3) is 0.250. The van der Waals surface area contributed by atoms with E-state index in [9.17, 15) is 14.7 Å². The molecule has 5 nitrogen and oxygen atoms in total. The number of hydrogen-bond acceptors (Lipinski definition) is 2. The average molecular weight is 286 g/mol. The molecule has 1 atom stereocenters. The second-order valence-corrected chi connectivity index (χ2v) is 5.06. The van der Waals surface area contributed by atoms with Gasteiger partial charge in [0, 0.05) is 12.1 Å². The number of carboxylic acid groups (broad SMARTS) is 1. The molecule has 3 N–H and O–H groups in total. The summed E-state index contributed by atoms with van der Waals surface area (Å²) in [5, 5.41) is 11.8. The Hall–Kier alpha value is -2.56. The molecule has 1 amide bonds. The van der Waals surface area contributed by atoms with Crippen LogP contribution in [-0.2, 0) is 11.2 Å². The third kappa shape index (κ3) is 3.72. The highest BCUT2D eigenvalue weighted by Gasteiger charge is 2.22. The molecule has 0 aliphatic rings. The van der Waals surface area contributed by atoms with Crippen molar-refractivity contribution < 1.29 is 14.7 Å². The molecule has 0 bridgehead atoms. The standard InChI is InChI=1S/C16H18N2O3/c1-10-8-11(2)17-14(10)15(19)18-13(16(20)21)9-12-6-4-3-5-7-12/h3-8,13,17H,9H2,1-2H3,(H,18,19)(H,20,21)/t13-/m0/s1. The van der Waals surface area contributed by atoms with E-state index in [4.69, 9.17) is 0 Å². The number of aromatic amines is 1. The van der Waals surface area contributed by atoms with Crippen molar-refractivity contribution in [3.63, 3.8) is 0 Å². The molecule has 0 fully saturated rings. The van der Waals surface area contributed by atoms with Gasteiger partial charge >= 0.3 is 5.97 Å². The number of aryl methyl sites for hydroxylation is 2. The van der Waals surface area contributed by atoms with Crippen LogP contribution in [0.2, 0.25) is 0 Å². The minimum atomic E-state index is -1.05. The number of rotatable bonds is 5. The van der Waals surface area contributed by atoms with Crippen molar-refractivity contribution in [2.75, 3.05) is 0 Å². The Morgan fingerprint density at radius 3 is 2.43 bits per heavy atom. The molecule has 1 aromatic heterocycles. The topological polar surface area (TPSA) is 82.2 Å². The third-order valence-electron chi connectivity index (χ3n) is 3.26. The molecule has 0 radical (unpaired) electrons. The molecule has 2 aromatic rings. The van der Waals surface area contributed by atoms with Crippen LogP contribution in [0.25, 0.3) is 0 Å². The Bertz CT molecular complexity index is 647. The lowest BCUT2D eigenvalue weighted by Gasteiger charge is -2.14. The summed E-state index contributed by atoms with van der Waals surface area (Å²) in [6.45, 7) is 3.66. The average Bonchev–Trinajstić information content (AvgIpc) is 2.78. The van der Waals surface area contributed by atoms with Crippen LogP contribution in [0.4, 0.5) is 0 Å². The number of nitrogens with one attached hydrogen (secondary N) is 2. The lowest BCUT2D eigenvalue weighted by Crippen LogP contribution is -2.42. The summed E-state index contributed by atoms with van der Waals surface area (Å²) < 4.78 is 0. The molecule has 1 heterocycles. The van der Waals surface area contributed by atoms with Gasteiger partial charge < -0.3 is 15.4 Å². The summed E-state index contributed by atoms with van der Waals surface area (Å²) in [6.07, 6.45) is 0.251. The molecule has 0 saturated heterocycles. The maximum Gasteiger partial charge on any atom is 0.326 e. The summed E-state index contributed by atoms with van der Waals surface area (Å²) in [5.41, 5.74) is 2.94. The Labute approximate surface area is 123 Å². The van der Waals surface area contributed by atoms with Crippen LogP contribution in [0.3, 0.4) is 0 Å². The van der Waals surface area contributed by atoms with Gasteiger partial charge in [0.05, 0.1) is 0 Å².